The van der Waals surface area contributed by atoms with Crippen molar-refractivity contribution in [2.75, 3.05) is 5.73 Å². The third kappa shape index (κ3) is 2.53. The summed E-state index contributed by atoms with van der Waals surface area (Å²) in [6.45, 7) is 0. The lowest BCUT2D eigenvalue weighted by molar-refractivity contribution is 1.31. The Morgan fingerprint density at radius 2 is 1.79 bits per heavy atom. The molecular formula is C15H12BrN3. The Morgan fingerprint density at radius 3 is 2.53 bits per heavy atom. The summed E-state index contributed by atoms with van der Waals surface area (Å²) in [4.78, 5) is 7.73. The van der Waals surface area contributed by atoms with Gasteiger partial charge in [0.15, 0.2) is 0 Å². The first kappa shape index (κ1) is 12.0. The highest BCUT2D eigenvalue weighted by atomic mass is 79.9. The summed E-state index contributed by atoms with van der Waals surface area (Å²) < 4.78 is 1.05. The molecule has 0 fully saturated rings. The number of hydrogen-bond donors (Lipinski definition) is 2. The van der Waals surface area contributed by atoms with Crippen LogP contribution in [-0.2, 0) is 0 Å². The Morgan fingerprint density at radius 1 is 1.00 bits per heavy atom. The minimum absolute atomic E-state index is 0.752. The number of nitrogens with one attached hydrogen (secondary N) is 1. The van der Waals surface area contributed by atoms with E-state index in [4.69, 9.17) is 5.73 Å². The van der Waals surface area contributed by atoms with Gasteiger partial charge < -0.3 is 10.7 Å². The van der Waals surface area contributed by atoms with Gasteiger partial charge in [0.2, 0.25) is 0 Å². The van der Waals surface area contributed by atoms with E-state index >= 15 is 0 Å². The van der Waals surface area contributed by atoms with E-state index in [0.717, 1.165) is 32.8 Å². The summed E-state index contributed by atoms with van der Waals surface area (Å²) in [5.74, 6) is 0.843. The van der Waals surface area contributed by atoms with Crippen LogP contribution in [0.3, 0.4) is 0 Å². The molecule has 3 N–H and O–H groups in total. The lowest BCUT2D eigenvalue weighted by Gasteiger charge is -1.99. The van der Waals surface area contributed by atoms with Gasteiger partial charge in [-0.1, -0.05) is 28.1 Å². The number of benzene rings is 2. The van der Waals surface area contributed by atoms with Gasteiger partial charge in [0.25, 0.3) is 0 Å². The first-order chi connectivity index (χ1) is 9.22. The molecule has 2 aromatic carbocycles. The maximum atomic E-state index is 5.68. The number of nitrogen functional groups attached to an aromatic ring is 1. The van der Waals surface area contributed by atoms with E-state index in [1.54, 1.807) is 0 Å². The van der Waals surface area contributed by atoms with Crippen molar-refractivity contribution in [3.05, 3.63) is 59.2 Å². The van der Waals surface area contributed by atoms with Crippen molar-refractivity contribution in [3.63, 3.8) is 0 Å². The van der Waals surface area contributed by atoms with Gasteiger partial charge in [-0.3, -0.25) is 0 Å². The first-order valence-corrected chi connectivity index (χ1v) is 6.68. The summed E-state index contributed by atoms with van der Waals surface area (Å²) in [5, 5.41) is 0. The standard InChI is InChI=1S/C15H12BrN3/c16-12-3-1-2-11(8-12)14-9-18-15(19-14)10-4-6-13(17)7-5-10/h1-9H,17H2,(H,18,19). The average Bonchev–Trinajstić information content (AvgIpc) is 2.89. The van der Waals surface area contributed by atoms with Crippen LogP contribution in [0.1, 0.15) is 0 Å². The third-order valence-corrected chi connectivity index (χ3v) is 3.39. The van der Waals surface area contributed by atoms with Gasteiger partial charge in [-0.15, -0.1) is 0 Å². The van der Waals surface area contributed by atoms with Gasteiger partial charge in [0, 0.05) is 21.3 Å². The normalized spacial score (nSPS) is 10.6. The largest absolute Gasteiger partial charge is 0.399 e. The molecule has 0 unspecified atom stereocenters. The molecule has 0 aliphatic rings. The number of H-pyrrole nitrogens is 1. The van der Waals surface area contributed by atoms with Gasteiger partial charge in [-0.25, -0.2) is 4.98 Å². The lowest BCUT2D eigenvalue weighted by Crippen LogP contribution is -1.85. The number of aromatic amines is 1. The van der Waals surface area contributed by atoms with E-state index in [1.807, 2.05) is 48.7 Å². The zero-order valence-electron chi connectivity index (χ0n) is 10.1. The fraction of sp³-hybridized carbons (Fsp3) is 0. The molecule has 1 aromatic heterocycles. The van der Waals surface area contributed by atoms with E-state index in [2.05, 4.69) is 32.0 Å². The van der Waals surface area contributed by atoms with Gasteiger partial charge in [0.05, 0.1) is 11.9 Å². The highest BCUT2D eigenvalue weighted by Crippen LogP contribution is 2.24. The van der Waals surface area contributed by atoms with E-state index < -0.39 is 0 Å². The van der Waals surface area contributed by atoms with Crippen molar-refractivity contribution in [3.8, 4) is 22.6 Å². The summed E-state index contributed by atoms with van der Waals surface area (Å²) in [6, 6.07) is 15.8. The number of anilines is 1. The molecule has 0 saturated heterocycles. The second-order valence-corrected chi connectivity index (χ2v) is 5.19. The fourth-order valence-electron chi connectivity index (χ4n) is 1.91. The quantitative estimate of drug-likeness (QED) is 0.700. The minimum atomic E-state index is 0.752. The SMILES string of the molecule is Nc1ccc(-c2ncc(-c3cccc(Br)c3)[nH]2)cc1. The highest BCUT2D eigenvalue weighted by Gasteiger charge is 2.05. The first-order valence-electron chi connectivity index (χ1n) is 5.89. The molecule has 0 radical (unpaired) electrons. The van der Waals surface area contributed by atoms with Crippen molar-refractivity contribution in [2.45, 2.75) is 0 Å². The molecule has 0 aliphatic carbocycles. The third-order valence-electron chi connectivity index (χ3n) is 2.90. The molecule has 0 spiro atoms. The van der Waals surface area contributed by atoms with Crippen molar-refractivity contribution in [1.82, 2.24) is 9.97 Å². The van der Waals surface area contributed by atoms with Crippen LogP contribution >= 0.6 is 15.9 Å². The Kier molecular flexibility index (Phi) is 3.09. The maximum Gasteiger partial charge on any atom is 0.137 e. The zero-order chi connectivity index (χ0) is 13.2. The van der Waals surface area contributed by atoms with Crippen molar-refractivity contribution in [2.24, 2.45) is 0 Å². The Hall–Kier alpha value is -2.07. The average molecular weight is 314 g/mol. The molecule has 19 heavy (non-hydrogen) atoms. The predicted molar refractivity (Wildman–Crippen MR) is 81.6 cm³/mol. The molecule has 3 aromatic rings. The van der Waals surface area contributed by atoms with Gasteiger partial charge in [-0.05, 0) is 36.4 Å². The predicted octanol–water partition coefficient (Wildman–Crippen LogP) is 4.09. The van der Waals surface area contributed by atoms with Crippen molar-refractivity contribution < 1.29 is 0 Å². The Bertz CT molecular complexity index is 701. The zero-order valence-corrected chi connectivity index (χ0v) is 11.7. The van der Waals surface area contributed by atoms with E-state index in [-0.39, 0.29) is 0 Å². The molecule has 3 rings (SSSR count). The Labute approximate surface area is 119 Å². The molecule has 3 nitrogen and oxygen atoms in total. The van der Waals surface area contributed by atoms with Gasteiger partial charge >= 0.3 is 0 Å². The number of halogens is 1. The van der Waals surface area contributed by atoms with Gasteiger partial charge in [0.1, 0.15) is 5.82 Å². The Balaban J connectivity index is 1.97. The van der Waals surface area contributed by atoms with Crippen LogP contribution in [0, 0.1) is 0 Å². The van der Waals surface area contributed by atoms with Crippen LogP contribution in [0.25, 0.3) is 22.6 Å². The van der Waals surface area contributed by atoms with E-state index in [0.29, 0.717) is 0 Å². The summed E-state index contributed by atoms with van der Waals surface area (Å²) >= 11 is 3.47. The fourth-order valence-corrected chi connectivity index (χ4v) is 2.31. The summed E-state index contributed by atoms with van der Waals surface area (Å²) in [5.41, 5.74) is 9.55. The summed E-state index contributed by atoms with van der Waals surface area (Å²) in [6.07, 6.45) is 1.84. The van der Waals surface area contributed by atoms with Crippen LogP contribution in [-0.4, -0.2) is 9.97 Å². The second-order valence-electron chi connectivity index (χ2n) is 4.28. The van der Waals surface area contributed by atoms with Crippen LogP contribution in [0.15, 0.2) is 59.2 Å². The second kappa shape index (κ2) is 4.90. The van der Waals surface area contributed by atoms with E-state index in [9.17, 15) is 0 Å². The minimum Gasteiger partial charge on any atom is -0.399 e. The molecule has 0 amide bonds. The smallest absolute Gasteiger partial charge is 0.137 e. The van der Waals surface area contributed by atoms with Crippen LogP contribution < -0.4 is 5.73 Å². The molecule has 0 atom stereocenters. The maximum absolute atomic E-state index is 5.68. The molecule has 1 heterocycles. The molecular weight excluding hydrogens is 302 g/mol. The lowest BCUT2D eigenvalue weighted by atomic mass is 10.2. The number of nitrogens with two attached hydrogens (primary N) is 1. The van der Waals surface area contributed by atoms with Crippen LogP contribution in [0.2, 0.25) is 0 Å². The molecule has 0 bridgehead atoms. The molecule has 4 heteroatoms. The highest BCUT2D eigenvalue weighted by molar-refractivity contribution is 9.10. The summed E-state index contributed by atoms with van der Waals surface area (Å²) in [7, 11) is 0. The molecule has 94 valence electrons. The van der Waals surface area contributed by atoms with Crippen LogP contribution in [0.5, 0.6) is 0 Å². The number of hydrogen-bond acceptors (Lipinski definition) is 2. The number of rotatable bonds is 2. The topological polar surface area (TPSA) is 54.7 Å². The number of aromatic nitrogens is 2. The van der Waals surface area contributed by atoms with Crippen molar-refractivity contribution >= 4 is 21.6 Å². The monoisotopic (exact) mass is 313 g/mol. The van der Waals surface area contributed by atoms with Crippen LogP contribution in [0.4, 0.5) is 5.69 Å². The number of nitrogens with zero attached hydrogens (tertiary/aromatic N) is 1. The number of imidazole rings is 1. The molecule has 0 saturated carbocycles. The molecule has 0 aliphatic heterocycles. The van der Waals surface area contributed by atoms with Crippen molar-refractivity contribution in [1.29, 1.82) is 0 Å². The van der Waals surface area contributed by atoms with E-state index in [1.165, 1.54) is 0 Å². The van der Waals surface area contributed by atoms with Gasteiger partial charge in [-0.2, -0.15) is 0 Å².